The molecule has 5 heteroatoms. The molecule has 0 rings (SSSR count). The molecule has 5 nitrogen and oxygen atoms in total. The minimum atomic E-state index is -0.743. The first kappa shape index (κ1) is 62.4. The van der Waals surface area contributed by atoms with Crippen LogP contribution in [0.4, 0.5) is 0 Å². The van der Waals surface area contributed by atoms with E-state index in [-0.39, 0.29) is 18.9 Å². The Kier molecular flexibility index (Phi) is 53.4. The molecule has 63 heavy (non-hydrogen) atoms. The molecule has 1 amide bonds. The number of rotatable bonds is 55. The monoisotopic (exact) mass is 892 g/mol. The van der Waals surface area contributed by atoms with Crippen LogP contribution in [-0.2, 0) is 4.79 Å². The minimum absolute atomic E-state index is 0.0430. The van der Waals surface area contributed by atoms with Crippen molar-refractivity contribution in [3.05, 3.63) is 0 Å². The summed E-state index contributed by atoms with van der Waals surface area (Å²) < 4.78 is 0. The molecule has 0 spiro atoms. The van der Waals surface area contributed by atoms with Crippen molar-refractivity contribution in [2.24, 2.45) is 0 Å². The minimum Gasteiger partial charge on any atom is -0.394 e. The van der Waals surface area contributed by atoms with Crippen LogP contribution in [0.3, 0.4) is 0 Å². The highest BCUT2D eigenvalue weighted by molar-refractivity contribution is 5.76. The predicted octanol–water partition coefficient (Wildman–Crippen LogP) is 18.1. The fraction of sp³-hybridized carbons (Fsp3) is 0.983. The third-order valence-electron chi connectivity index (χ3n) is 14.2. The Labute approximate surface area is 396 Å². The standard InChI is InChI=1S/C58H117NO4/c1-3-5-7-9-11-13-15-16-17-18-19-20-21-22-23-24-25-26-27-28-29-30-31-32-33-34-35-36-37-38-39-40-42-43-45-47-49-51-55(61)53-58(63)59-56(54-60)57(62)52-50-48-46-44-41-14-12-10-8-6-4-2/h55-57,60-62H,3-54H2,1-2H3,(H,59,63). The van der Waals surface area contributed by atoms with Gasteiger partial charge < -0.3 is 20.6 Å². The van der Waals surface area contributed by atoms with E-state index >= 15 is 0 Å². The van der Waals surface area contributed by atoms with E-state index in [0.717, 1.165) is 25.7 Å². The molecule has 0 aromatic heterocycles. The Morgan fingerprint density at radius 3 is 0.762 bits per heavy atom. The van der Waals surface area contributed by atoms with Gasteiger partial charge in [-0.1, -0.05) is 322 Å². The van der Waals surface area contributed by atoms with E-state index in [0.29, 0.717) is 12.8 Å². The van der Waals surface area contributed by atoms with Crippen LogP contribution in [0.2, 0.25) is 0 Å². The number of aliphatic hydroxyl groups excluding tert-OH is 3. The van der Waals surface area contributed by atoms with E-state index in [4.69, 9.17) is 0 Å². The van der Waals surface area contributed by atoms with Gasteiger partial charge in [0.1, 0.15) is 0 Å². The fourth-order valence-corrected chi connectivity index (χ4v) is 9.70. The second-order valence-electron chi connectivity index (χ2n) is 20.6. The number of carbonyl (C=O) groups excluding carboxylic acids is 1. The van der Waals surface area contributed by atoms with Crippen molar-refractivity contribution < 1.29 is 20.1 Å². The lowest BCUT2D eigenvalue weighted by Gasteiger charge is -2.23. The van der Waals surface area contributed by atoms with Crippen molar-refractivity contribution in [3.8, 4) is 0 Å². The second kappa shape index (κ2) is 54.0. The molecule has 0 fully saturated rings. The highest BCUT2D eigenvalue weighted by Gasteiger charge is 2.21. The Hall–Kier alpha value is -0.650. The summed E-state index contributed by atoms with van der Waals surface area (Å²) >= 11 is 0. The molecule has 378 valence electrons. The number of aliphatic hydroxyl groups is 3. The van der Waals surface area contributed by atoms with Gasteiger partial charge in [-0.15, -0.1) is 0 Å². The summed E-state index contributed by atoms with van der Waals surface area (Å²) in [6, 6.07) is -0.652. The van der Waals surface area contributed by atoms with Crippen LogP contribution in [0.5, 0.6) is 0 Å². The van der Waals surface area contributed by atoms with Gasteiger partial charge in [0, 0.05) is 0 Å². The number of nitrogens with one attached hydrogen (secondary N) is 1. The first-order valence-corrected chi connectivity index (χ1v) is 29.3. The van der Waals surface area contributed by atoms with E-state index < -0.39 is 18.2 Å². The zero-order valence-electron chi connectivity index (χ0n) is 43.3. The molecule has 3 unspecified atom stereocenters. The maximum Gasteiger partial charge on any atom is 0.222 e. The number of hydrogen-bond acceptors (Lipinski definition) is 4. The summed E-state index contributed by atoms with van der Waals surface area (Å²) in [7, 11) is 0. The average Bonchev–Trinajstić information content (AvgIpc) is 3.28. The predicted molar refractivity (Wildman–Crippen MR) is 278 cm³/mol. The van der Waals surface area contributed by atoms with Crippen LogP contribution >= 0.6 is 0 Å². The van der Waals surface area contributed by atoms with Crippen molar-refractivity contribution in [2.45, 2.75) is 360 Å². The molecule has 0 aliphatic rings. The van der Waals surface area contributed by atoms with E-state index in [2.05, 4.69) is 19.2 Å². The number of amides is 1. The highest BCUT2D eigenvalue weighted by Crippen LogP contribution is 2.19. The number of hydrogen-bond donors (Lipinski definition) is 4. The normalized spacial score (nSPS) is 13.2. The topological polar surface area (TPSA) is 89.8 Å². The smallest absolute Gasteiger partial charge is 0.222 e. The van der Waals surface area contributed by atoms with E-state index in [1.54, 1.807) is 0 Å². The zero-order chi connectivity index (χ0) is 45.8. The van der Waals surface area contributed by atoms with Gasteiger partial charge in [0.2, 0.25) is 5.91 Å². The summed E-state index contributed by atoms with van der Waals surface area (Å²) in [5.74, 6) is -0.277. The molecule has 4 N–H and O–H groups in total. The van der Waals surface area contributed by atoms with Crippen LogP contribution in [-0.4, -0.2) is 46.1 Å². The Bertz CT molecular complexity index is 853. The summed E-state index contributed by atoms with van der Waals surface area (Å²) in [5.41, 5.74) is 0. The molecular weight excluding hydrogens is 775 g/mol. The van der Waals surface area contributed by atoms with Crippen LogP contribution in [0.1, 0.15) is 341 Å². The van der Waals surface area contributed by atoms with Crippen LogP contribution in [0.15, 0.2) is 0 Å². The van der Waals surface area contributed by atoms with Crippen molar-refractivity contribution in [2.75, 3.05) is 6.61 Å². The van der Waals surface area contributed by atoms with Crippen molar-refractivity contribution in [3.63, 3.8) is 0 Å². The van der Waals surface area contributed by atoms with Crippen molar-refractivity contribution in [1.82, 2.24) is 5.32 Å². The van der Waals surface area contributed by atoms with E-state index in [1.807, 2.05) is 0 Å². The first-order valence-electron chi connectivity index (χ1n) is 29.3. The molecule has 0 aliphatic heterocycles. The lowest BCUT2D eigenvalue weighted by atomic mass is 10.0. The van der Waals surface area contributed by atoms with Crippen molar-refractivity contribution in [1.29, 1.82) is 0 Å². The van der Waals surface area contributed by atoms with Gasteiger partial charge in [-0.3, -0.25) is 4.79 Å². The SMILES string of the molecule is CCCCCCCCCCCCCCCCCCCCCCCCCCCCCCCCCCCCCCCC(O)CC(=O)NC(CO)C(O)CCCCCCCCCCCCC. The maximum absolute atomic E-state index is 12.5. The largest absolute Gasteiger partial charge is 0.394 e. The maximum atomic E-state index is 12.5. The third-order valence-corrected chi connectivity index (χ3v) is 14.2. The first-order chi connectivity index (χ1) is 31.0. The van der Waals surface area contributed by atoms with Gasteiger partial charge in [0.05, 0.1) is 31.3 Å². The van der Waals surface area contributed by atoms with Gasteiger partial charge in [-0.2, -0.15) is 0 Å². The molecular formula is C58H117NO4. The lowest BCUT2D eigenvalue weighted by molar-refractivity contribution is -0.125. The summed E-state index contributed by atoms with van der Waals surface area (Å²) in [6.07, 6.45) is 65.9. The molecule has 0 radical (unpaired) electrons. The average molecular weight is 893 g/mol. The second-order valence-corrected chi connectivity index (χ2v) is 20.6. The molecule has 0 heterocycles. The van der Waals surface area contributed by atoms with Gasteiger partial charge in [0.15, 0.2) is 0 Å². The molecule has 0 aliphatic carbocycles. The Balaban J connectivity index is 3.36. The van der Waals surface area contributed by atoms with Gasteiger partial charge >= 0.3 is 0 Å². The highest BCUT2D eigenvalue weighted by atomic mass is 16.3. The van der Waals surface area contributed by atoms with Crippen LogP contribution in [0, 0.1) is 0 Å². The third kappa shape index (κ3) is 50.6. The van der Waals surface area contributed by atoms with Crippen LogP contribution < -0.4 is 5.32 Å². The van der Waals surface area contributed by atoms with Crippen molar-refractivity contribution >= 4 is 5.91 Å². The Morgan fingerprint density at radius 2 is 0.540 bits per heavy atom. The quantitative estimate of drug-likeness (QED) is 0.0458. The molecule has 3 atom stereocenters. The Morgan fingerprint density at radius 1 is 0.333 bits per heavy atom. The zero-order valence-corrected chi connectivity index (χ0v) is 43.3. The molecule has 0 aromatic rings. The molecule has 0 aromatic carbocycles. The van der Waals surface area contributed by atoms with E-state index in [1.165, 1.54) is 283 Å². The molecule has 0 bridgehead atoms. The van der Waals surface area contributed by atoms with Gasteiger partial charge in [-0.25, -0.2) is 0 Å². The fourth-order valence-electron chi connectivity index (χ4n) is 9.70. The lowest BCUT2D eigenvalue weighted by Crippen LogP contribution is -2.46. The van der Waals surface area contributed by atoms with Gasteiger partial charge in [0.25, 0.3) is 0 Å². The van der Waals surface area contributed by atoms with E-state index in [9.17, 15) is 20.1 Å². The number of carbonyl (C=O) groups is 1. The number of unbranched alkanes of at least 4 members (excludes halogenated alkanes) is 46. The molecule has 0 saturated carbocycles. The van der Waals surface area contributed by atoms with Crippen LogP contribution in [0.25, 0.3) is 0 Å². The summed E-state index contributed by atoms with van der Waals surface area (Å²) in [6.45, 7) is 4.28. The van der Waals surface area contributed by atoms with Gasteiger partial charge in [-0.05, 0) is 12.8 Å². The summed E-state index contributed by atoms with van der Waals surface area (Å²) in [4.78, 5) is 12.5. The summed E-state index contributed by atoms with van der Waals surface area (Å²) in [5, 5.41) is 33.5. The molecule has 0 saturated heterocycles.